The van der Waals surface area contributed by atoms with Crippen LogP contribution in [-0.4, -0.2) is 50.7 Å². The topological polar surface area (TPSA) is 113 Å². The lowest BCUT2D eigenvalue weighted by atomic mass is 9.96. The number of para-hydroxylation sites is 1. The van der Waals surface area contributed by atoms with Crippen molar-refractivity contribution in [1.82, 2.24) is 30.6 Å². The highest BCUT2D eigenvalue weighted by Gasteiger charge is 2.26. The molecule has 0 aliphatic carbocycles. The van der Waals surface area contributed by atoms with E-state index in [2.05, 4.69) is 79.0 Å². The summed E-state index contributed by atoms with van der Waals surface area (Å²) in [5.74, 6) is 0.795. The van der Waals surface area contributed by atoms with Crippen molar-refractivity contribution in [2.24, 2.45) is 5.92 Å². The van der Waals surface area contributed by atoms with E-state index in [1.807, 2.05) is 18.5 Å². The standard InChI is InChI=1S/C33H29N7O2S/c41-31-29(43-33(42)39-31)17-25-8-13-36-32(37-25)40-14-10-21(11-15-40)18-35-20-24-16-22-4-1-2-7-28(22)38-30(24)27-6-3-5-23-19-34-12-9-26(23)27/h1-9,12-13,16-17,19,21,35H,10-11,14-15,18,20H2,(H,39,41,42). The number of fused-ring (bicyclic) bond motifs is 2. The van der Waals surface area contributed by atoms with E-state index in [0.29, 0.717) is 22.5 Å². The van der Waals surface area contributed by atoms with Crippen LogP contribution in [-0.2, 0) is 11.3 Å². The van der Waals surface area contributed by atoms with Gasteiger partial charge in [0.1, 0.15) is 0 Å². The van der Waals surface area contributed by atoms with E-state index in [4.69, 9.17) is 4.98 Å². The molecule has 0 radical (unpaired) electrons. The lowest BCUT2D eigenvalue weighted by molar-refractivity contribution is -0.115. The Bertz CT molecular complexity index is 1880. The summed E-state index contributed by atoms with van der Waals surface area (Å²) >= 11 is 0.891. The maximum Gasteiger partial charge on any atom is 0.290 e. The summed E-state index contributed by atoms with van der Waals surface area (Å²) < 4.78 is 0. The van der Waals surface area contributed by atoms with Gasteiger partial charge in [0.05, 0.1) is 21.8 Å². The number of aromatic nitrogens is 4. The number of piperidine rings is 1. The zero-order valence-corrected chi connectivity index (χ0v) is 24.2. The van der Waals surface area contributed by atoms with E-state index in [9.17, 15) is 9.59 Å². The van der Waals surface area contributed by atoms with Crippen molar-refractivity contribution in [2.45, 2.75) is 19.4 Å². The van der Waals surface area contributed by atoms with Gasteiger partial charge in [0, 0.05) is 54.6 Å². The number of hydrogen-bond acceptors (Lipinski definition) is 9. The third kappa shape index (κ3) is 5.84. The van der Waals surface area contributed by atoms with Crippen molar-refractivity contribution in [3.05, 3.63) is 95.4 Å². The van der Waals surface area contributed by atoms with Crippen LogP contribution >= 0.6 is 11.8 Å². The summed E-state index contributed by atoms with van der Waals surface area (Å²) in [5.41, 5.74) is 4.90. The van der Waals surface area contributed by atoms with E-state index in [0.717, 1.165) is 83.7 Å². The fraction of sp³-hybridized carbons (Fsp3) is 0.212. The minimum Gasteiger partial charge on any atom is -0.341 e. The average molecular weight is 588 g/mol. The normalized spacial score (nSPS) is 16.8. The maximum atomic E-state index is 11.9. The highest BCUT2D eigenvalue weighted by atomic mass is 32.2. The molecule has 5 aromatic rings. The number of carbonyl (C=O) groups is 2. The van der Waals surface area contributed by atoms with Gasteiger partial charge in [-0.1, -0.05) is 36.4 Å². The Hall–Kier alpha value is -4.67. The molecule has 0 bridgehead atoms. The van der Waals surface area contributed by atoms with E-state index in [-0.39, 0.29) is 11.1 Å². The fourth-order valence-electron chi connectivity index (χ4n) is 5.75. The quantitative estimate of drug-likeness (QED) is 0.236. The average Bonchev–Trinajstić information content (AvgIpc) is 3.36. The minimum absolute atomic E-state index is 0.349. The number of anilines is 1. The minimum atomic E-state index is -0.385. The van der Waals surface area contributed by atoms with Crippen molar-refractivity contribution < 1.29 is 9.59 Å². The number of hydrogen-bond donors (Lipinski definition) is 2. The van der Waals surface area contributed by atoms with Crippen LogP contribution in [0.2, 0.25) is 0 Å². The third-order valence-electron chi connectivity index (χ3n) is 7.97. The molecular formula is C33H29N7O2S. The predicted octanol–water partition coefficient (Wildman–Crippen LogP) is 5.57. The molecule has 43 heavy (non-hydrogen) atoms. The zero-order valence-electron chi connectivity index (χ0n) is 23.4. The van der Waals surface area contributed by atoms with Gasteiger partial charge in [-0.25, -0.2) is 15.0 Å². The van der Waals surface area contributed by atoms with Gasteiger partial charge in [-0.15, -0.1) is 0 Å². The first-order valence-electron chi connectivity index (χ1n) is 14.4. The molecule has 214 valence electrons. The van der Waals surface area contributed by atoms with Crippen molar-refractivity contribution >= 4 is 56.6 Å². The van der Waals surface area contributed by atoms with Gasteiger partial charge in [-0.2, -0.15) is 0 Å². The van der Waals surface area contributed by atoms with Crippen LogP contribution in [0.1, 0.15) is 24.1 Å². The molecule has 2 saturated heterocycles. The Morgan fingerprint density at radius 1 is 0.977 bits per heavy atom. The van der Waals surface area contributed by atoms with Crippen LogP contribution in [0.15, 0.2) is 84.2 Å². The molecule has 0 spiro atoms. The van der Waals surface area contributed by atoms with Crippen molar-refractivity contribution in [2.75, 3.05) is 24.5 Å². The molecule has 2 fully saturated rings. The van der Waals surface area contributed by atoms with Crippen LogP contribution in [0.3, 0.4) is 0 Å². The van der Waals surface area contributed by atoms with Gasteiger partial charge in [-0.05, 0) is 78.4 Å². The van der Waals surface area contributed by atoms with Crippen LogP contribution in [0.4, 0.5) is 10.7 Å². The number of thioether (sulfide) groups is 1. The van der Waals surface area contributed by atoms with E-state index < -0.39 is 0 Å². The molecule has 3 aromatic heterocycles. The summed E-state index contributed by atoms with van der Waals surface area (Å²) in [5, 5.41) is 9.03. The van der Waals surface area contributed by atoms with Crippen LogP contribution in [0.5, 0.6) is 0 Å². The Balaban J connectivity index is 1.02. The van der Waals surface area contributed by atoms with E-state index in [1.165, 1.54) is 5.56 Å². The number of carbonyl (C=O) groups excluding carboxylic acids is 2. The SMILES string of the molecule is O=C1NC(=O)C(=Cc2ccnc(N3CCC(CNCc4cc5ccccc5nc4-c4cccc5cnccc45)CC3)n2)S1. The molecule has 2 amide bonds. The van der Waals surface area contributed by atoms with Gasteiger partial charge in [-0.3, -0.25) is 19.9 Å². The molecule has 9 nitrogen and oxygen atoms in total. The lowest BCUT2D eigenvalue weighted by Crippen LogP contribution is -2.38. The zero-order chi connectivity index (χ0) is 29.2. The molecule has 2 N–H and O–H groups in total. The number of nitrogens with one attached hydrogen (secondary N) is 2. The maximum absolute atomic E-state index is 11.9. The van der Waals surface area contributed by atoms with Crippen LogP contribution < -0.4 is 15.5 Å². The number of amides is 2. The first-order valence-corrected chi connectivity index (χ1v) is 15.2. The smallest absolute Gasteiger partial charge is 0.290 e. The van der Waals surface area contributed by atoms with Gasteiger partial charge < -0.3 is 10.2 Å². The Morgan fingerprint density at radius 2 is 1.84 bits per heavy atom. The van der Waals surface area contributed by atoms with Crippen LogP contribution in [0.25, 0.3) is 39.0 Å². The molecule has 2 aliphatic rings. The molecule has 7 rings (SSSR count). The second kappa shape index (κ2) is 11.9. The number of benzene rings is 2. The molecule has 10 heteroatoms. The lowest BCUT2D eigenvalue weighted by Gasteiger charge is -2.32. The van der Waals surface area contributed by atoms with Crippen LogP contribution in [0, 0.1) is 5.92 Å². The first kappa shape index (κ1) is 27.2. The second-order valence-corrected chi connectivity index (χ2v) is 11.8. The number of pyridine rings is 2. The number of imide groups is 1. The van der Waals surface area contributed by atoms with E-state index in [1.54, 1.807) is 18.3 Å². The first-order chi connectivity index (χ1) is 21.1. The third-order valence-corrected chi connectivity index (χ3v) is 8.78. The van der Waals surface area contributed by atoms with Crippen molar-refractivity contribution in [3.63, 3.8) is 0 Å². The molecule has 0 atom stereocenters. The highest BCUT2D eigenvalue weighted by molar-refractivity contribution is 8.18. The van der Waals surface area contributed by atoms with Crippen molar-refractivity contribution in [1.29, 1.82) is 0 Å². The molecule has 0 unspecified atom stereocenters. The molecule has 2 aliphatic heterocycles. The van der Waals surface area contributed by atoms with Gasteiger partial charge in [0.25, 0.3) is 11.1 Å². The summed E-state index contributed by atoms with van der Waals surface area (Å²) in [6, 6.07) is 20.6. The Morgan fingerprint density at radius 3 is 2.70 bits per heavy atom. The summed E-state index contributed by atoms with van der Waals surface area (Å²) in [7, 11) is 0. The van der Waals surface area contributed by atoms with Gasteiger partial charge in [0.2, 0.25) is 5.95 Å². The largest absolute Gasteiger partial charge is 0.341 e. The van der Waals surface area contributed by atoms with E-state index >= 15 is 0 Å². The molecule has 5 heterocycles. The van der Waals surface area contributed by atoms with Gasteiger partial charge >= 0.3 is 0 Å². The number of nitrogens with zero attached hydrogens (tertiary/aromatic N) is 5. The molecule has 0 saturated carbocycles. The number of rotatable bonds is 7. The van der Waals surface area contributed by atoms with Gasteiger partial charge in [0.15, 0.2) is 0 Å². The summed E-state index contributed by atoms with van der Waals surface area (Å²) in [6.07, 6.45) is 9.12. The molecule has 2 aromatic carbocycles. The van der Waals surface area contributed by atoms with Crippen molar-refractivity contribution in [3.8, 4) is 11.3 Å². The fourth-order valence-corrected chi connectivity index (χ4v) is 6.42. The summed E-state index contributed by atoms with van der Waals surface area (Å²) in [4.78, 5) is 44.4. The Labute approximate surface area is 252 Å². The second-order valence-electron chi connectivity index (χ2n) is 10.8. The monoisotopic (exact) mass is 587 g/mol. The Kier molecular flexibility index (Phi) is 7.53. The highest BCUT2D eigenvalue weighted by Crippen LogP contribution is 2.32. The molecular weight excluding hydrogens is 558 g/mol. The predicted molar refractivity (Wildman–Crippen MR) is 170 cm³/mol. The summed E-state index contributed by atoms with van der Waals surface area (Å²) in [6.45, 7) is 3.34.